The number of hydrogen-bond donors (Lipinski definition) is 1. The Morgan fingerprint density at radius 2 is 1.48 bits per heavy atom. The molecule has 4 heteroatoms. The number of carbonyl (C=O) groups is 1. The molecular formula is C17H19NO3. The first kappa shape index (κ1) is 14.9. The number of aryl methyl sites for hydroxylation is 2. The number of amides is 1. The molecule has 1 amide bonds. The van der Waals surface area contributed by atoms with Crippen molar-refractivity contribution in [2.75, 3.05) is 19.5 Å². The van der Waals surface area contributed by atoms with Crippen molar-refractivity contribution in [3.63, 3.8) is 0 Å². The molecule has 0 aliphatic carbocycles. The van der Waals surface area contributed by atoms with Crippen molar-refractivity contribution < 1.29 is 14.3 Å². The molecule has 0 saturated carbocycles. The Morgan fingerprint density at radius 3 is 1.95 bits per heavy atom. The van der Waals surface area contributed by atoms with E-state index < -0.39 is 0 Å². The Bertz CT molecular complexity index is 623. The van der Waals surface area contributed by atoms with Gasteiger partial charge in [-0.15, -0.1) is 0 Å². The molecule has 0 unspecified atom stereocenters. The Kier molecular flexibility index (Phi) is 4.48. The number of nitrogens with one attached hydrogen (secondary N) is 1. The lowest BCUT2D eigenvalue weighted by Crippen LogP contribution is -2.14. The first-order chi connectivity index (χ1) is 10.0. The van der Waals surface area contributed by atoms with Crippen molar-refractivity contribution in [1.29, 1.82) is 0 Å². The number of carbonyl (C=O) groups excluding carboxylic acids is 1. The van der Waals surface area contributed by atoms with Gasteiger partial charge >= 0.3 is 0 Å². The van der Waals surface area contributed by atoms with E-state index in [4.69, 9.17) is 9.47 Å². The zero-order valence-electron chi connectivity index (χ0n) is 12.7. The lowest BCUT2D eigenvalue weighted by molar-refractivity contribution is 0.102. The van der Waals surface area contributed by atoms with Crippen molar-refractivity contribution >= 4 is 11.6 Å². The zero-order valence-corrected chi connectivity index (χ0v) is 12.7. The third-order valence-electron chi connectivity index (χ3n) is 3.13. The molecule has 0 saturated heterocycles. The smallest absolute Gasteiger partial charge is 0.263 e. The number of hydrogen-bond acceptors (Lipinski definition) is 3. The van der Waals surface area contributed by atoms with Crippen LogP contribution in [0.2, 0.25) is 0 Å². The fraction of sp³-hybridized carbons (Fsp3) is 0.235. The minimum absolute atomic E-state index is 0.255. The van der Waals surface area contributed by atoms with Gasteiger partial charge in [0.25, 0.3) is 5.91 Å². The van der Waals surface area contributed by atoms with Crippen LogP contribution in [0.4, 0.5) is 5.69 Å². The maximum absolute atomic E-state index is 12.5. The van der Waals surface area contributed by atoms with Gasteiger partial charge in [0.2, 0.25) is 0 Å². The molecule has 2 aromatic carbocycles. The van der Waals surface area contributed by atoms with Gasteiger partial charge in [0.15, 0.2) is 0 Å². The van der Waals surface area contributed by atoms with Crippen molar-refractivity contribution in [3.05, 3.63) is 53.1 Å². The van der Waals surface area contributed by atoms with Gasteiger partial charge in [0, 0.05) is 5.69 Å². The van der Waals surface area contributed by atoms with Crippen LogP contribution in [0, 0.1) is 13.8 Å². The molecule has 0 atom stereocenters. The van der Waals surface area contributed by atoms with Crippen molar-refractivity contribution in [2.45, 2.75) is 13.8 Å². The fourth-order valence-corrected chi connectivity index (χ4v) is 2.32. The van der Waals surface area contributed by atoms with Gasteiger partial charge in [-0.25, -0.2) is 0 Å². The molecule has 2 aromatic rings. The van der Waals surface area contributed by atoms with Crippen LogP contribution in [0.5, 0.6) is 11.5 Å². The molecule has 110 valence electrons. The van der Waals surface area contributed by atoms with E-state index in [1.807, 2.05) is 26.0 Å². The minimum atomic E-state index is -0.255. The van der Waals surface area contributed by atoms with Gasteiger partial charge in [-0.05, 0) is 49.2 Å². The molecule has 0 aromatic heterocycles. The summed E-state index contributed by atoms with van der Waals surface area (Å²) in [5.41, 5.74) is 3.33. The summed E-state index contributed by atoms with van der Waals surface area (Å²) < 4.78 is 10.5. The highest BCUT2D eigenvalue weighted by molar-refractivity contribution is 6.08. The SMILES string of the molecule is COc1cccc(OC)c1C(=O)Nc1cc(C)cc(C)c1. The van der Waals surface area contributed by atoms with Crippen molar-refractivity contribution in [3.8, 4) is 11.5 Å². The van der Waals surface area contributed by atoms with Crippen LogP contribution in [0.1, 0.15) is 21.5 Å². The summed E-state index contributed by atoms with van der Waals surface area (Å²) in [5.74, 6) is 0.710. The van der Waals surface area contributed by atoms with E-state index in [0.29, 0.717) is 17.1 Å². The Hall–Kier alpha value is -2.49. The molecule has 0 heterocycles. The number of anilines is 1. The molecule has 4 nitrogen and oxygen atoms in total. The van der Waals surface area contributed by atoms with Crippen molar-refractivity contribution in [2.24, 2.45) is 0 Å². The average Bonchev–Trinajstić information content (AvgIpc) is 2.45. The molecule has 0 fully saturated rings. The first-order valence-electron chi connectivity index (χ1n) is 6.65. The van der Waals surface area contributed by atoms with Crippen LogP contribution in [0.3, 0.4) is 0 Å². The Morgan fingerprint density at radius 1 is 0.952 bits per heavy atom. The van der Waals surface area contributed by atoms with E-state index >= 15 is 0 Å². The molecule has 0 aliphatic rings. The lowest BCUT2D eigenvalue weighted by Gasteiger charge is -2.13. The Labute approximate surface area is 124 Å². The highest BCUT2D eigenvalue weighted by Crippen LogP contribution is 2.29. The second-order valence-corrected chi connectivity index (χ2v) is 4.87. The third kappa shape index (κ3) is 3.34. The van der Waals surface area contributed by atoms with Gasteiger partial charge < -0.3 is 14.8 Å². The number of ether oxygens (including phenoxy) is 2. The van der Waals surface area contributed by atoms with Gasteiger partial charge in [0.1, 0.15) is 17.1 Å². The summed E-state index contributed by atoms with van der Waals surface area (Å²) in [6.45, 7) is 3.98. The fourth-order valence-electron chi connectivity index (χ4n) is 2.32. The molecule has 21 heavy (non-hydrogen) atoms. The summed E-state index contributed by atoms with van der Waals surface area (Å²) in [7, 11) is 3.06. The zero-order chi connectivity index (χ0) is 15.4. The predicted octanol–water partition coefficient (Wildman–Crippen LogP) is 3.57. The van der Waals surface area contributed by atoms with Gasteiger partial charge in [-0.1, -0.05) is 12.1 Å². The first-order valence-corrected chi connectivity index (χ1v) is 6.65. The summed E-state index contributed by atoms with van der Waals surface area (Å²) in [5, 5.41) is 2.89. The molecule has 0 radical (unpaired) electrons. The number of methoxy groups -OCH3 is 2. The normalized spacial score (nSPS) is 10.1. The molecular weight excluding hydrogens is 266 g/mol. The second kappa shape index (κ2) is 6.31. The van der Waals surface area contributed by atoms with E-state index in [2.05, 4.69) is 11.4 Å². The number of benzene rings is 2. The molecule has 1 N–H and O–H groups in total. The maximum Gasteiger partial charge on any atom is 0.263 e. The van der Waals surface area contributed by atoms with E-state index in [9.17, 15) is 4.79 Å². The summed E-state index contributed by atoms with van der Waals surface area (Å²) in [4.78, 5) is 12.5. The summed E-state index contributed by atoms with van der Waals surface area (Å²) in [6.07, 6.45) is 0. The second-order valence-electron chi connectivity index (χ2n) is 4.87. The van der Waals surface area contributed by atoms with Gasteiger partial charge in [0.05, 0.1) is 14.2 Å². The Balaban J connectivity index is 2.36. The highest BCUT2D eigenvalue weighted by Gasteiger charge is 2.18. The standard InChI is InChI=1S/C17H19NO3/c1-11-8-12(2)10-13(9-11)18-17(19)16-14(20-3)6-5-7-15(16)21-4/h5-10H,1-4H3,(H,18,19). The van der Waals surface area contributed by atoms with E-state index in [1.54, 1.807) is 18.2 Å². The molecule has 0 spiro atoms. The van der Waals surface area contributed by atoms with Crippen LogP contribution in [0.15, 0.2) is 36.4 Å². The summed E-state index contributed by atoms with van der Waals surface area (Å²) in [6, 6.07) is 11.2. The van der Waals surface area contributed by atoms with Crippen LogP contribution in [-0.4, -0.2) is 20.1 Å². The average molecular weight is 285 g/mol. The highest BCUT2D eigenvalue weighted by atomic mass is 16.5. The van der Waals surface area contributed by atoms with Crippen LogP contribution >= 0.6 is 0 Å². The molecule has 2 rings (SSSR count). The maximum atomic E-state index is 12.5. The van der Waals surface area contributed by atoms with E-state index in [0.717, 1.165) is 16.8 Å². The van der Waals surface area contributed by atoms with Gasteiger partial charge in [-0.2, -0.15) is 0 Å². The molecule has 0 bridgehead atoms. The van der Waals surface area contributed by atoms with Crippen LogP contribution in [-0.2, 0) is 0 Å². The monoisotopic (exact) mass is 285 g/mol. The lowest BCUT2D eigenvalue weighted by atomic mass is 10.1. The largest absolute Gasteiger partial charge is 0.496 e. The van der Waals surface area contributed by atoms with E-state index in [-0.39, 0.29) is 5.91 Å². The quantitative estimate of drug-likeness (QED) is 0.934. The number of rotatable bonds is 4. The predicted molar refractivity (Wildman–Crippen MR) is 83.4 cm³/mol. The van der Waals surface area contributed by atoms with E-state index in [1.165, 1.54) is 14.2 Å². The van der Waals surface area contributed by atoms with Gasteiger partial charge in [-0.3, -0.25) is 4.79 Å². The third-order valence-corrected chi connectivity index (χ3v) is 3.13. The molecule has 0 aliphatic heterocycles. The van der Waals surface area contributed by atoms with Crippen molar-refractivity contribution in [1.82, 2.24) is 0 Å². The topological polar surface area (TPSA) is 47.6 Å². The minimum Gasteiger partial charge on any atom is -0.496 e. The summed E-state index contributed by atoms with van der Waals surface area (Å²) >= 11 is 0. The van der Waals surface area contributed by atoms with Crippen LogP contribution < -0.4 is 14.8 Å². The van der Waals surface area contributed by atoms with Crippen LogP contribution in [0.25, 0.3) is 0 Å².